The Morgan fingerprint density at radius 2 is 2.07 bits per heavy atom. The third-order valence-electron chi connectivity index (χ3n) is 3.97. The van der Waals surface area contributed by atoms with E-state index in [1.165, 1.54) is 12.8 Å². The quantitative estimate of drug-likeness (QED) is 0.764. The van der Waals surface area contributed by atoms with Crippen LogP contribution in [0.2, 0.25) is 0 Å². The minimum absolute atomic E-state index is 0.0597. The molecule has 2 aliphatic rings. The molecular formula is C12H24N2O. The molecule has 2 saturated heterocycles. The Bertz CT molecular complexity index is 224. The summed E-state index contributed by atoms with van der Waals surface area (Å²) in [6, 6.07) is 0. The molecule has 3 heteroatoms. The van der Waals surface area contributed by atoms with E-state index in [4.69, 9.17) is 10.5 Å². The summed E-state index contributed by atoms with van der Waals surface area (Å²) in [5, 5.41) is 0. The predicted octanol–water partition coefficient (Wildman–Crippen LogP) is 1.22. The zero-order chi connectivity index (χ0) is 11.1. The first-order chi connectivity index (χ1) is 6.99. The van der Waals surface area contributed by atoms with Crippen LogP contribution in [-0.4, -0.2) is 42.3 Å². The second-order valence-electron chi connectivity index (χ2n) is 5.70. The van der Waals surface area contributed by atoms with Gasteiger partial charge in [-0.15, -0.1) is 0 Å². The van der Waals surface area contributed by atoms with Gasteiger partial charge in [0.05, 0.1) is 12.2 Å². The van der Waals surface area contributed by atoms with Crippen molar-refractivity contribution in [3.05, 3.63) is 0 Å². The molecule has 2 N–H and O–H groups in total. The van der Waals surface area contributed by atoms with Crippen molar-refractivity contribution in [2.24, 2.45) is 11.7 Å². The third kappa shape index (κ3) is 2.35. The first kappa shape index (κ1) is 11.4. The largest absolute Gasteiger partial charge is 0.374 e. The van der Waals surface area contributed by atoms with Crippen molar-refractivity contribution in [1.82, 2.24) is 4.90 Å². The molecule has 0 spiro atoms. The lowest BCUT2D eigenvalue weighted by molar-refractivity contribution is -0.0215. The van der Waals surface area contributed by atoms with E-state index in [0.29, 0.717) is 18.1 Å². The van der Waals surface area contributed by atoms with Gasteiger partial charge in [-0.25, -0.2) is 0 Å². The topological polar surface area (TPSA) is 38.5 Å². The number of nitrogens with zero attached hydrogens (tertiary/aromatic N) is 1. The zero-order valence-corrected chi connectivity index (χ0v) is 10.2. The smallest absolute Gasteiger partial charge is 0.0706 e. The highest BCUT2D eigenvalue weighted by atomic mass is 16.5. The van der Waals surface area contributed by atoms with Gasteiger partial charge in [-0.2, -0.15) is 0 Å². The van der Waals surface area contributed by atoms with Crippen molar-refractivity contribution < 1.29 is 4.74 Å². The summed E-state index contributed by atoms with van der Waals surface area (Å²) in [5.41, 5.74) is 6.31. The molecule has 2 fully saturated rings. The van der Waals surface area contributed by atoms with Crippen LogP contribution in [0.4, 0.5) is 0 Å². The van der Waals surface area contributed by atoms with Crippen LogP contribution in [0.5, 0.6) is 0 Å². The molecule has 2 atom stereocenters. The van der Waals surface area contributed by atoms with Gasteiger partial charge >= 0.3 is 0 Å². The van der Waals surface area contributed by atoms with Gasteiger partial charge in [0, 0.05) is 25.2 Å². The van der Waals surface area contributed by atoms with Gasteiger partial charge in [0.15, 0.2) is 0 Å². The van der Waals surface area contributed by atoms with Crippen molar-refractivity contribution in [1.29, 1.82) is 0 Å². The highest BCUT2D eigenvalue weighted by molar-refractivity contribution is 5.02. The average Bonchev–Trinajstić information content (AvgIpc) is 2.48. The van der Waals surface area contributed by atoms with E-state index in [1.54, 1.807) is 0 Å². The summed E-state index contributed by atoms with van der Waals surface area (Å²) in [7, 11) is 0. The Hall–Kier alpha value is -0.120. The molecule has 0 amide bonds. The van der Waals surface area contributed by atoms with Crippen LogP contribution in [0.3, 0.4) is 0 Å². The second-order valence-corrected chi connectivity index (χ2v) is 5.70. The average molecular weight is 212 g/mol. The predicted molar refractivity (Wildman–Crippen MR) is 61.8 cm³/mol. The summed E-state index contributed by atoms with van der Waals surface area (Å²) in [6.07, 6.45) is 3.36. The van der Waals surface area contributed by atoms with E-state index in [9.17, 15) is 0 Å². The van der Waals surface area contributed by atoms with Crippen LogP contribution in [-0.2, 0) is 4.74 Å². The maximum absolute atomic E-state index is 6.26. The number of hydrogen-bond donors (Lipinski definition) is 1. The van der Waals surface area contributed by atoms with Crippen molar-refractivity contribution in [3.8, 4) is 0 Å². The van der Waals surface area contributed by atoms with Gasteiger partial charge in [0.2, 0.25) is 0 Å². The molecule has 0 bridgehead atoms. The van der Waals surface area contributed by atoms with E-state index < -0.39 is 0 Å². The Kier molecular flexibility index (Phi) is 3.06. The monoisotopic (exact) mass is 212 g/mol. The molecule has 15 heavy (non-hydrogen) atoms. The standard InChI is InChI=1S/C12H24N2O/c1-9(2)12(13)7-14(8-12)6-11-5-4-10(3)15-11/h9-11H,4-8,13H2,1-3H3. The fourth-order valence-electron chi connectivity index (χ4n) is 2.59. The SMILES string of the molecule is CC1CCC(CN2CC(N)(C(C)C)C2)O1. The Morgan fingerprint density at radius 3 is 2.53 bits per heavy atom. The van der Waals surface area contributed by atoms with E-state index in [-0.39, 0.29) is 5.54 Å². The highest BCUT2D eigenvalue weighted by Crippen LogP contribution is 2.28. The number of likely N-dealkylation sites (tertiary alicyclic amines) is 1. The van der Waals surface area contributed by atoms with Crippen molar-refractivity contribution in [2.75, 3.05) is 19.6 Å². The van der Waals surface area contributed by atoms with Gasteiger partial charge in [-0.05, 0) is 25.7 Å². The lowest BCUT2D eigenvalue weighted by Gasteiger charge is -2.51. The first-order valence-corrected chi connectivity index (χ1v) is 6.16. The van der Waals surface area contributed by atoms with Crippen molar-refractivity contribution in [2.45, 2.75) is 51.4 Å². The van der Waals surface area contributed by atoms with Crippen LogP contribution < -0.4 is 5.73 Å². The molecule has 3 nitrogen and oxygen atoms in total. The van der Waals surface area contributed by atoms with Crippen LogP contribution in [0.15, 0.2) is 0 Å². The number of nitrogens with two attached hydrogens (primary N) is 1. The number of rotatable bonds is 3. The minimum atomic E-state index is 0.0597. The second kappa shape index (κ2) is 4.04. The van der Waals surface area contributed by atoms with Gasteiger partial charge in [-0.3, -0.25) is 4.90 Å². The van der Waals surface area contributed by atoms with Crippen LogP contribution >= 0.6 is 0 Å². The van der Waals surface area contributed by atoms with Crippen LogP contribution in [0.25, 0.3) is 0 Å². The van der Waals surface area contributed by atoms with Crippen molar-refractivity contribution in [3.63, 3.8) is 0 Å². The Labute approximate surface area is 93.0 Å². The highest BCUT2D eigenvalue weighted by Gasteiger charge is 2.42. The van der Waals surface area contributed by atoms with Gasteiger partial charge in [0.1, 0.15) is 0 Å². The van der Waals surface area contributed by atoms with Crippen LogP contribution in [0.1, 0.15) is 33.6 Å². The molecule has 2 aliphatic heterocycles. The first-order valence-electron chi connectivity index (χ1n) is 6.16. The molecule has 88 valence electrons. The number of ether oxygens (including phenoxy) is 1. The maximum Gasteiger partial charge on any atom is 0.0706 e. The molecule has 2 unspecified atom stereocenters. The van der Waals surface area contributed by atoms with E-state index in [2.05, 4.69) is 25.7 Å². The minimum Gasteiger partial charge on any atom is -0.374 e. The molecule has 2 rings (SSSR count). The summed E-state index contributed by atoms with van der Waals surface area (Å²) >= 11 is 0. The van der Waals surface area contributed by atoms with Gasteiger partial charge in [0.25, 0.3) is 0 Å². The third-order valence-corrected chi connectivity index (χ3v) is 3.97. The fourth-order valence-corrected chi connectivity index (χ4v) is 2.59. The van der Waals surface area contributed by atoms with Crippen molar-refractivity contribution >= 4 is 0 Å². The Balaban J connectivity index is 1.72. The van der Waals surface area contributed by atoms with Gasteiger partial charge < -0.3 is 10.5 Å². The summed E-state index contributed by atoms with van der Waals surface area (Å²) in [4.78, 5) is 2.43. The summed E-state index contributed by atoms with van der Waals surface area (Å²) < 4.78 is 5.81. The van der Waals surface area contributed by atoms with E-state index >= 15 is 0 Å². The van der Waals surface area contributed by atoms with E-state index in [0.717, 1.165) is 19.6 Å². The van der Waals surface area contributed by atoms with E-state index in [1.807, 2.05) is 0 Å². The molecule has 0 aromatic rings. The summed E-state index contributed by atoms with van der Waals surface area (Å²) in [6.45, 7) is 9.75. The zero-order valence-electron chi connectivity index (χ0n) is 10.2. The normalized spacial score (nSPS) is 35.8. The molecular weight excluding hydrogens is 188 g/mol. The lowest BCUT2D eigenvalue weighted by Crippen LogP contribution is -2.70. The molecule has 0 saturated carbocycles. The van der Waals surface area contributed by atoms with Crippen LogP contribution in [0, 0.1) is 5.92 Å². The fraction of sp³-hybridized carbons (Fsp3) is 1.00. The molecule has 0 radical (unpaired) electrons. The van der Waals surface area contributed by atoms with Gasteiger partial charge in [-0.1, -0.05) is 13.8 Å². The lowest BCUT2D eigenvalue weighted by atomic mass is 9.80. The molecule has 0 aromatic carbocycles. The Morgan fingerprint density at radius 1 is 1.40 bits per heavy atom. The number of hydrogen-bond acceptors (Lipinski definition) is 3. The maximum atomic E-state index is 6.26. The molecule has 2 heterocycles. The molecule has 0 aromatic heterocycles. The molecule has 0 aliphatic carbocycles. The summed E-state index contributed by atoms with van der Waals surface area (Å²) in [5.74, 6) is 0.581.